The second kappa shape index (κ2) is 14.1. The minimum absolute atomic E-state index is 0.657. The van der Waals surface area contributed by atoms with Gasteiger partial charge in [-0.1, -0.05) is 18.9 Å². The van der Waals surface area contributed by atoms with Crippen LogP contribution >= 0.6 is 24.0 Å². The summed E-state index contributed by atoms with van der Waals surface area (Å²) in [6.45, 7) is 6.61. The molecule has 0 bridgehead atoms. The molecule has 31 heavy (non-hydrogen) atoms. The number of rotatable bonds is 13. The summed E-state index contributed by atoms with van der Waals surface area (Å²) in [5.74, 6) is 0.898. The molecule has 0 aliphatic rings. The molecule has 6 heteroatoms. The van der Waals surface area contributed by atoms with E-state index in [0.29, 0.717) is 5.11 Å². The van der Waals surface area contributed by atoms with Gasteiger partial charge in [-0.05, 0) is 93.4 Å². The van der Waals surface area contributed by atoms with Crippen LogP contribution < -0.4 is 15.0 Å². The van der Waals surface area contributed by atoms with Crippen molar-refractivity contribution in [2.75, 3.05) is 50.3 Å². The molecule has 2 aromatic carbocycles. The van der Waals surface area contributed by atoms with E-state index in [9.17, 15) is 0 Å². The van der Waals surface area contributed by atoms with Crippen LogP contribution in [0.15, 0.2) is 66.1 Å². The predicted octanol–water partition coefficient (Wildman–Crippen LogP) is 6.30. The van der Waals surface area contributed by atoms with Gasteiger partial charge in [0.25, 0.3) is 0 Å². The molecule has 0 aromatic heterocycles. The Balaban J connectivity index is 1.69. The van der Waals surface area contributed by atoms with E-state index in [1.807, 2.05) is 54.4 Å². The predicted molar refractivity (Wildman–Crippen MR) is 141 cm³/mol. The van der Waals surface area contributed by atoms with Gasteiger partial charge in [-0.3, -0.25) is 0 Å². The van der Waals surface area contributed by atoms with Crippen molar-refractivity contribution in [2.24, 2.45) is 0 Å². The van der Waals surface area contributed by atoms with Gasteiger partial charge in [0, 0.05) is 29.9 Å². The molecule has 0 radical (unpaired) electrons. The molecule has 0 spiro atoms. The van der Waals surface area contributed by atoms with Gasteiger partial charge in [0.15, 0.2) is 5.11 Å². The van der Waals surface area contributed by atoms with E-state index in [1.165, 1.54) is 24.2 Å². The van der Waals surface area contributed by atoms with Crippen molar-refractivity contribution in [3.05, 3.63) is 61.2 Å². The van der Waals surface area contributed by atoms with Gasteiger partial charge in [-0.25, -0.2) is 0 Å². The molecule has 0 fully saturated rings. The Morgan fingerprint density at radius 3 is 2.35 bits per heavy atom. The van der Waals surface area contributed by atoms with E-state index in [4.69, 9.17) is 17.0 Å². The Labute approximate surface area is 197 Å². The minimum Gasteiger partial charge on any atom is -0.494 e. The maximum absolute atomic E-state index is 5.89. The summed E-state index contributed by atoms with van der Waals surface area (Å²) >= 11 is 7.28. The Kier molecular flexibility index (Phi) is 11.5. The first-order valence-corrected chi connectivity index (χ1v) is 12.4. The van der Waals surface area contributed by atoms with Crippen LogP contribution in [-0.2, 0) is 0 Å². The summed E-state index contributed by atoms with van der Waals surface area (Å²) in [5, 5.41) is 3.94. The Morgan fingerprint density at radius 2 is 1.71 bits per heavy atom. The lowest BCUT2D eigenvalue weighted by Crippen LogP contribution is -2.30. The van der Waals surface area contributed by atoms with Gasteiger partial charge in [-0.2, -0.15) is 0 Å². The quantitative estimate of drug-likeness (QED) is 0.164. The van der Waals surface area contributed by atoms with Crippen LogP contribution in [0.2, 0.25) is 0 Å². The van der Waals surface area contributed by atoms with Crippen molar-refractivity contribution >= 4 is 40.5 Å². The third-order valence-corrected chi connectivity index (χ3v) is 6.13. The van der Waals surface area contributed by atoms with Gasteiger partial charge in [0.1, 0.15) is 5.75 Å². The molecule has 0 atom stereocenters. The molecular weight excluding hydrogens is 422 g/mol. The van der Waals surface area contributed by atoms with Crippen LogP contribution in [0.5, 0.6) is 5.75 Å². The maximum Gasteiger partial charge on any atom is 0.177 e. The van der Waals surface area contributed by atoms with Crippen LogP contribution in [0.3, 0.4) is 0 Å². The smallest absolute Gasteiger partial charge is 0.177 e. The van der Waals surface area contributed by atoms with Gasteiger partial charge in [0.2, 0.25) is 0 Å². The first-order valence-electron chi connectivity index (χ1n) is 10.7. The summed E-state index contributed by atoms with van der Waals surface area (Å²) in [4.78, 5) is 5.49. The van der Waals surface area contributed by atoms with E-state index < -0.39 is 0 Å². The standard InChI is InChI=1S/C25H35N3OS2/c1-5-18-27(2)19-8-6-7-9-20-29-23-14-12-22(13-15-23)28(3)25(30)26-21-10-16-24(31-4)17-11-21/h5,10-17H,1,6-9,18-20H2,2-4H3,(H,26,30). The van der Waals surface area contributed by atoms with Crippen LogP contribution in [0.1, 0.15) is 25.7 Å². The van der Waals surface area contributed by atoms with Crippen molar-refractivity contribution in [1.82, 2.24) is 4.90 Å². The average Bonchev–Trinajstić information content (AvgIpc) is 2.79. The van der Waals surface area contributed by atoms with E-state index in [-0.39, 0.29) is 0 Å². The number of ether oxygens (including phenoxy) is 1. The third-order valence-electron chi connectivity index (χ3n) is 5.01. The summed E-state index contributed by atoms with van der Waals surface area (Å²) in [6, 6.07) is 16.3. The summed E-state index contributed by atoms with van der Waals surface area (Å²) in [7, 11) is 4.10. The number of hydrogen-bond donors (Lipinski definition) is 1. The molecule has 2 aromatic rings. The van der Waals surface area contributed by atoms with Crippen LogP contribution in [0.4, 0.5) is 11.4 Å². The number of anilines is 2. The van der Waals surface area contributed by atoms with Crippen LogP contribution in [0, 0.1) is 0 Å². The van der Waals surface area contributed by atoms with Crippen molar-refractivity contribution in [2.45, 2.75) is 30.6 Å². The topological polar surface area (TPSA) is 27.7 Å². The van der Waals surface area contributed by atoms with Gasteiger partial charge in [0.05, 0.1) is 6.61 Å². The van der Waals surface area contributed by atoms with E-state index in [0.717, 1.165) is 43.2 Å². The SMILES string of the molecule is C=CCN(C)CCCCCCOc1ccc(N(C)C(=S)Nc2ccc(SC)cc2)cc1. The van der Waals surface area contributed by atoms with E-state index in [2.05, 4.69) is 42.2 Å². The second-order valence-electron chi connectivity index (χ2n) is 7.53. The van der Waals surface area contributed by atoms with Gasteiger partial charge in [-0.15, -0.1) is 18.3 Å². The first-order chi connectivity index (χ1) is 15.0. The van der Waals surface area contributed by atoms with Gasteiger partial charge >= 0.3 is 0 Å². The zero-order valence-corrected chi connectivity index (χ0v) is 20.6. The van der Waals surface area contributed by atoms with E-state index >= 15 is 0 Å². The molecule has 0 aliphatic carbocycles. The molecule has 0 saturated carbocycles. The molecule has 0 aliphatic heterocycles. The molecule has 0 amide bonds. The highest BCUT2D eigenvalue weighted by atomic mass is 32.2. The summed E-state index contributed by atoms with van der Waals surface area (Å²) in [6.07, 6.45) is 8.75. The second-order valence-corrected chi connectivity index (χ2v) is 8.79. The summed E-state index contributed by atoms with van der Waals surface area (Å²) in [5.41, 5.74) is 2.01. The Hall–Kier alpha value is -2.02. The van der Waals surface area contributed by atoms with Crippen molar-refractivity contribution in [1.29, 1.82) is 0 Å². The molecular formula is C25H35N3OS2. The lowest BCUT2D eigenvalue weighted by molar-refractivity contribution is 0.300. The minimum atomic E-state index is 0.657. The number of likely N-dealkylation sites (N-methyl/N-ethyl adjacent to an activating group) is 1. The number of thioether (sulfide) groups is 1. The highest BCUT2D eigenvalue weighted by molar-refractivity contribution is 7.98. The first kappa shape index (κ1) is 25.2. The van der Waals surface area contributed by atoms with Crippen molar-refractivity contribution < 1.29 is 4.74 Å². The average molecular weight is 458 g/mol. The number of nitrogens with one attached hydrogen (secondary N) is 1. The molecule has 4 nitrogen and oxygen atoms in total. The highest BCUT2D eigenvalue weighted by Gasteiger charge is 2.08. The fourth-order valence-electron chi connectivity index (χ4n) is 3.10. The fourth-order valence-corrected chi connectivity index (χ4v) is 3.74. The molecule has 0 heterocycles. The van der Waals surface area contributed by atoms with Crippen LogP contribution in [-0.4, -0.2) is 50.1 Å². The largest absolute Gasteiger partial charge is 0.494 e. The number of unbranched alkanes of at least 4 members (excludes halogenated alkanes) is 3. The lowest BCUT2D eigenvalue weighted by Gasteiger charge is -2.21. The normalized spacial score (nSPS) is 10.7. The molecule has 2 rings (SSSR count). The molecule has 1 N–H and O–H groups in total. The van der Waals surface area contributed by atoms with E-state index in [1.54, 1.807) is 11.8 Å². The molecule has 168 valence electrons. The fraction of sp³-hybridized carbons (Fsp3) is 0.400. The molecule has 0 unspecified atom stereocenters. The summed E-state index contributed by atoms with van der Waals surface area (Å²) < 4.78 is 5.89. The Morgan fingerprint density at radius 1 is 1.03 bits per heavy atom. The lowest BCUT2D eigenvalue weighted by atomic mass is 10.2. The molecule has 0 saturated heterocycles. The van der Waals surface area contributed by atoms with Gasteiger partial charge < -0.3 is 19.9 Å². The monoisotopic (exact) mass is 457 g/mol. The zero-order chi connectivity index (χ0) is 22.5. The maximum atomic E-state index is 5.89. The zero-order valence-electron chi connectivity index (χ0n) is 19.0. The highest BCUT2D eigenvalue weighted by Crippen LogP contribution is 2.21. The van der Waals surface area contributed by atoms with Crippen LogP contribution in [0.25, 0.3) is 0 Å². The van der Waals surface area contributed by atoms with Crippen molar-refractivity contribution in [3.63, 3.8) is 0 Å². The number of benzene rings is 2. The Bertz CT molecular complexity index is 793. The number of nitrogens with zero attached hydrogens (tertiary/aromatic N) is 2. The third kappa shape index (κ3) is 9.33. The van der Waals surface area contributed by atoms with Crippen molar-refractivity contribution in [3.8, 4) is 5.75 Å². The number of thiocarbonyl (C=S) groups is 1. The number of hydrogen-bond acceptors (Lipinski definition) is 4.